The number of rotatable bonds is 9. The van der Waals surface area contributed by atoms with E-state index in [1.54, 1.807) is 0 Å². The highest BCUT2D eigenvalue weighted by atomic mass is 15.3. The molecule has 0 saturated heterocycles. The van der Waals surface area contributed by atoms with Crippen molar-refractivity contribution in [1.29, 1.82) is 0 Å². The van der Waals surface area contributed by atoms with Crippen LogP contribution in [0.1, 0.15) is 56.7 Å². The number of para-hydroxylation sites is 1. The molecule has 1 heterocycles. The second-order valence-electron chi connectivity index (χ2n) is 7.31. The van der Waals surface area contributed by atoms with Gasteiger partial charge in [0.15, 0.2) is 5.84 Å². The molecule has 4 heteroatoms. The topological polar surface area (TPSA) is 49.6 Å². The molecule has 0 aliphatic rings. The van der Waals surface area contributed by atoms with E-state index >= 15 is 0 Å². The summed E-state index contributed by atoms with van der Waals surface area (Å²) in [4.78, 5) is 9.54. The molecule has 1 aromatic heterocycles. The maximum atomic E-state index is 4.77. The van der Waals surface area contributed by atoms with Gasteiger partial charge in [-0.25, -0.2) is 9.98 Å². The summed E-state index contributed by atoms with van der Waals surface area (Å²) in [7, 11) is 0. The molecule has 0 aliphatic carbocycles. The number of nitrogens with zero attached hydrogens (tertiary/aromatic N) is 3. The molecule has 29 heavy (non-hydrogen) atoms. The fourth-order valence-corrected chi connectivity index (χ4v) is 3.10. The van der Waals surface area contributed by atoms with Crippen molar-refractivity contribution in [3.63, 3.8) is 0 Å². The second-order valence-corrected chi connectivity index (χ2v) is 7.31. The zero-order chi connectivity index (χ0) is 20.3. The van der Waals surface area contributed by atoms with Gasteiger partial charge < -0.3 is 0 Å². The van der Waals surface area contributed by atoms with E-state index < -0.39 is 0 Å². The molecule has 0 radical (unpaired) electrons. The van der Waals surface area contributed by atoms with Crippen LogP contribution in [-0.2, 0) is 0 Å². The van der Waals surface area contributed by atoms with E-state index in [1.807, 2.05) is 42.6 Å². The van der Waals surface area contributed by atoms with Gasteiger partial charge in [0.25, 0.3) is 0 Å². The van der Waals surface area contributed by atoms with E-state index in [1.165, 1.54) is 37.7 Å². The van der Waals surface area contributed by atoms with Crippen molar-refractivity contribution in [3.8, 4) is 0 Å². The molecule has 150 valence electrons. The lowest BCUT2D eigenvalue weighted by molar-refractivity contribution is 0.644. The van der Waals surface area contributed by atoms with Crippen LogP contribution in [0.3, 0.4) is 0 Å². The van der Waals surface area contributed by atoms with Gasteiger partial charge in [-0.2, -0.15) is 5.10 Å². The molecule has 0 fully saturated rings. The molecular formula is C25H30N4. The van der Waals surface area contributed by atoms with E-state index in [-0.39, 0.29) is 0 Å². The SMILES string of the molecule is CCCCCCCC=NNC(=Nc1ccc(C)cc1)c1ccc2ccccc2n1. The lowest BCUT2D eigenvalue weighted by atomic mass is 10.1. The second kappa shape index (κ2) is 11.1. The molecule has 0 saturated carbocycles. The Bertz CT molecular complexity index is 958. The summed E-state index contributed by atoms with van der Waals surface area (Å²) in [5, 5.41) is 5.53. The normalized spacial score (nSPS) is 12.0. The first-order valence-electron chi connectivity index (χ1n) is 10.6. The van der Waals surface area contributed by atoms with Gasteiger partial charge in [-0.05, 0) is 44.0 Å². The molecule has 1 N–H and O–H groups in total. The number of aromatic nitrogens is 1. The van der Waals surface area contributed by atoms with Crippen molar-refractivity contribution >= 4 is 28.6 Å². The van der Waals surface area contributed by atoms with Crippen molar-refractivity contribution in [2.24, 2.45) is 10.1 Å². The first-order chi connectivity index (χ1) is 14.3. The Morgan fingerprint density at radius 1 is 0.931 bits per heavy atom. The number of fused-ring (bicyclic) bond motifs is 1. The molecule has 0 atom stereocenters. The number of aliphatic imine (C=N–C) groups is 1. The first-order valence-corrected chi connectivity index (χ1v) is 10.6. The largest absolute Gasteiger partial charge is 0.260 e. The van der Waals surface area contributed by atoms with Crippen molar-refractivity contribution in [2.45, 2.75) is 52.4 Å². The summed E-state index contributed by atoms with van der Waals surface area (Å²) < 4.78 is 0. The monoisotopic (exact) mass is 386 g/mol. The number of hydrazone groups is 1. The van der Waals surface area contributed by atoms with E-state index in [2.05, 4.69) is 48.6 Å². The number of unbranched alkanes of at least 4 members (excludes halogenated alkanes) is 5. The summed E-state index contributed by atoms with van der Waals surface area (Å²) in [5.41, 5.74) is 6.94. The minimum Gasteiger partial charge on any atom is -0.260 e. The number of amidine groups is 1. The van der Waals surface area contributed by atoms with Crippen LogP contribution in [0.2, 0.25) is 0 Å². The quantitative estimate of drug-likeness (QED) is 0.196. The Morgan fingerprint density at radius 3 is 2.55 bits per heavy atom. The molecule has 2 aromatic carbocycles. The fraction of sp³-hybridized carbons (Fsp3) is 0.320. The van der Waals surface area contributed by atoms with Crippen LogP contribution in [-0.4, -0.2) is 17.0 Å². The van der Waals surface area contributed by atoms with Gasteiger partial charge in [0.05, 0.1) is 11.2 Å². The number of hydrogen-bond acceptors (Lipinski definition) is 3. The average Bonchev–Trinajstić information content (AvgIpc) is 2.76. The van der Waals surface area contributed by atoms with Crippen molar-refractivity contribution < 1.29 is 0 Å². The summed E-state index contributed by atoms with van der Waals surface area (Å²) in [6, 6.07) is 20.3. The van der Waals surface area contributed by atoms with Crippen LogP contribution in [0.4, 0.5) is 5.69 Å². The Kier molecular flexibility index (Phi) is 7.93. The van der Waals surface area contributed by atoms with Gasteiger partial charge in [-0.1, -0.05) is 74.6 Å². The van der Waals surface area contributed by atoms with Gasteiger partial charge >= 0.3 is 0 Å². The Morgan fingerprint density at radius 2 is 1.72 bits per heavy atom. The van der Waals surface area contributed by atoms with Gasteiger partial charge in [0.2, 0.25) is 0 Å². The smallest absolute Gasteiger partial charge is 0.172 e. The highest BCUT2D eigenvalue weighted by molar-refractivity contribution is 6.00. The highest BCUT2D eigenvalue weighted by Crippen LogP contribution is 2.16. The summed E-state index contributed by atoms with van der Waals surface area (Å²) in [6.45, 7) is 4.31. The Hall–Kier alpha value is -3.01. The zero-order valence-corrected chi connectivity index (χ0v) is 17.4. The number of nitrogens with one attached hydrogen (secondary N) is 1. The molecule has 0 amide bonds. The summed E-state index contributed by atoms with van der Waals surface area (Å²) in [5.74, 6) is 0.654. The van der Waals surface area contributed by atoms with E-state index in [0.717, 1.165) is 28.7 Å². The molecule has 0 bridgehead atoms. The lowest BCUT2D eigenvalue weighted by Gasteiger charge is -2.07. The van der Waals surface area contributed by atoms with E-state index in [0.29, 0.717) is 5.84 Å². The molecule has 0 unspecified atom stereocenters. The molecule has 0 spiro atoms. The van der Waals surface area contributed by atoms with Crippen molar-refractivity contribution in [1.82, 2.24) is 10.4 Å². The van der Waals surface area contributed by atoms with Gasteiger partial charge in [0.1, 0.15) is 5.69 Å². The van der Waals surface area contributed by atoms with Crippen LogP contribution >= 0.6 is 0 Å². The van der Waals surface area contributed by atoms with Crippen LogP contribution in [0, 0.1) is 6.92 Å². The van der Waals surface area contributed by atoms with Gasteiger partial charge in [0, 0.05) is 11.6 Å². The molecular weight excluding hydrogens is 356 g/mol. The van der Waals surface area contributed by atoms with Crippen LogP contribution in [0.25, 0.3) is 10.9 Å². The molecule has 4 nitrogen and oxygen atoms in total. The Labute approximate surface area is 173 Å². The van der Waals surface area contributed by atoms with E-state index in [9.17, 15) is 0 Å². The van der Waals surface area contributed by atoms with Crippen molar-refractivity contribution in [3.05, 3.63) is 71.9 Å². The molecule has 3 rings (SSSR count). The minimum absolute atomic E-state index is 0.654. The van der Waals surface area contributed by atoms with Crippen LogP contribution in [0.15, 0.2) is 70.8 Å². The van der Waals surface area contributed by atoms with Gasteiger partial charge in [-0.3, -0.25) is 5.43 Å². The van der Waals surface area contributed by atoms with E-state index in [4.69, 9.17) is 9.98 Å². The third-order valence-electron chi connectivity index (χ3n) is 4.81. The zero-order valence-electron chi connectivity index (χ0n) is 17.4. The van der Waals surface area contributed by atoms with Gasteiger partial charge in [-0.15, -0.1) is 0 Å². The maximum Gasteiger partial charge on any atom is 0.172 e. The highest BCUT2D eigenvalue weighted by Gasteiger charge is 2.06. The first kappa shape index (κ1) is 20.7. The average molecular weight is 387 g/mol. The predicted molar refractivity (Wildman–Crippen MR) is 124 cm³/mol. The third kappa shape index (κ3) is 6.53. The molecule has 0 aliphatic heterocycles. The fourth-order valence-electron chi connectivity index (χ4n) is 3.10. The number of aryl methyl sites for hydroxylation is 1. The Balaban J connectivity index is 1.75. The number of pyridine rings is 1. The van der Waals surface area contributed by atoms with Crippen molar-refractivity contribution in [2.75, 3.05) is 0 Å². The summed E-state index contributed by atoms with van der Waals surface area (Å²) >= 11 is 0. The van der Waals surface area contributed by atoms with Crippen LogP contribution < -0.4 is 5.43 Å². The number of hydrogen-bond donors (Lipinski definition) is 1. The molecule has 3 aromatic rings. The standard InChI is InChI=1S/C25H30N4/c1-3-4-5-6-7-10-19-26-29-25(27-22-16-13-20(2)14-17-22)24-18-15-21-11-8-9-12-23(21)28-24/h8-9,11-19H,3-7,10H2,1-2H3,(H,27,29). The third-order valence-corrected chi connectivity index (χ3v) is 4.81. The number of benzene rings is 2. The van der Waals surface area contributed by atoms with Crippen LogP contribution in [0.5, 0.6) is 0 Å². The predicted octanol–water partition coefficient (Wildman–Crippen LogP) is 6.56. The maximum absolute atomic E-state index is 4.77. The minimum atomic E-state index is 0.654. The lowest BCUT2D eigenvalue weighted by Crippen LogP contribution is -2.20. The summed E-state index contributed by atoms with van der Waals surface area (Å²) in [6.07, 6.45) is 9.24.